The topological polar surface area (TPSA) is 62.3 Å². The van der Waals surface area contributed by atoms with E-state index in [0.717, 1.165) is 20.6 Å². The first-order valence-corrected chi connectivity index (χ1v) is 10.6. The van der Waals surface area contributed by atoms with Gasteiger partial charge in [0.2, 0.25) is 11.8 Å². The number of anilines is 1. The van der Waals surface area contributed by atoms with Gasteiger partial charge < -0.3 is 10.2 Å². The van der Waals surface area contributed by atoms with Gasteiger partial charge in [-0.3, -0.25) is 9.59 Å². The van der Waals surface area contributed by atoms with Gasteiger partial charge in [-0.25, -0.2) is 4.98 Å². The summed E-state index contributed by atoms with van der Waals surface area (Å²) in [4.78, 5) is 30.5. The van der Waals surface area contributed by atoms with E-state index < -0.39 is 22.9 Å². The van der Waals surface area contributed by atoms with Gasteiger partial charge >= 0.3 is 6.18 Å². The van der Waals surface area contributed by atoms with Crippen LogP contribution in [-0.2, 0) is 15.8 Å². The fraction of sp³-hybridized carbons (Fsp3) is 0.250. The summed E-state index contributed by atoms with van der Waals surface area (Å²) in [7, 11) is 1.44. The number of thiazole rings is 1. The largest absolute Gasteiger partial charge is 0.418 e. The third-order valence-corrected chi connectivity index (χ3v) is 6.38. The Kier molecular flexibility index (Phi) is 6.67. The molecule has 0 aliphatic carbocycles. The molecule has 0 aliphatic rings. The highest BCUT2D eigenvalue weighted by atomic mass is 32.2. The predicted molar refractivity (Wildman–Crippen MR) is 113 cm³/mol. The van der Waals surface area contributed by atoms with Crippen molar-refractivity contribution in [3.05, 3.63) is 54.1 Å². The Balaban J connectivity index is 1.60. The number of nitrogens with one attached hydrogen (secondary N) is 1. The molecule has 10 heteroatoms. The molecule has 0 saturated heterocycles. The minimum atomic E-state index is -4.59. The molecule has 0 fully saturated rings. The van der Waals surface area contributed by atoms with Crippen molar-refractivity contribution in [3.8, 4) is 0 Å². The van der Waals surface area contributed by atoms with Crippen LogP contribution in [0.3, 0.4) is 0 Å². The summed E-state index contributed by atoms with van der Waals surface area (Å²) in [6, 6.07) is 12.3. The number of alkyl halides is 3. The van der Waals surface area contributed by atoms with Crippen LogP contribution in [0.4, 0.5) is 18.9 Å². The van der Waals surface area contributed by atoms with E-state index in [0.29, 0.717) is 0 Å². The number of carbonyl (C=O) groups is 2. The number of halogens is 3. The molecule has 3 rings (SSSR count). The third-order valence-electron chi connectivity index (χ3n) is 4.16. The molecule has 0 spiro atoms. The number of hydrogen-bond acceptors (Lipinski definition) is 5. The van der Waals surface area contributed by atoms with Gasteiger partial charge in [-0.1, -0.05) is 36.0 Å². The Morgan fingerprint density at radius 2 is 1.83 bits per heavy atom. The molecule has 0 unspecified atom stereocenters. The Morgan fingerprint density at radius 3 is 2.53 bits per heavy atom. The van der Waals surface area contributed by atoms with E-state index in [1.807, 2.05) is 24.3 Å². The number of hydrogen-bond donors (Lipinski definition) is 1. The third kappa shape index (κ3) is 5.31. The molecule has 1 N–H and O–H groups in total. The molecule has 30 heavy (non-hydrogen) atoms. The number of rotatable bonds is 6. The van der Waals surface area contributed by atoms with Crippen molar-refractivity contribution in [3.63, 3.8) is 0 Å². The van der Waals surface area contributed by atoms with Crippen LogP contribution in [0.5, 0.6) is 0 Å². The summed E-state index contributed by atoms with van der Waals surface area (Å²) >= 11 is 2.75. The van der Waals surface area contributed by atoms with Crippen LogP contribution >= 0.6 is 23.1 Å². The Bertz CT molecular complexity index is 1040. The lowest BCUT2D eigenvalue weighted by Crippen LogP contribution is -2.39. The molecule has 5 nitrogen and oxygen atoms in total. The van der Waals surface area contributed by atoms with Gasteiger partial charge in [0.15, 0.2) is 4.34 Å². The summed E-state index contributed by atoms with van der Waals surface area (Å²) in [6.07, 6.45) is -4.59. The zero-order valence-electron chi connectivity index (χ0n) is 16.1. The van der Waals surface area contributed by atoms with Crippen molar-refractivity contribution in [1.29, 1.82) is 0 Å². The van der Waals surface area contributed by atoms with Crippen LogP contribution < -0.4 is 5.32 Å². The SMILES string of the molecule is C[C@H](Sc1nc2ccccc2s1)C(=O)N(C)CC(=O)Nc1ccccc1C(F)(F)F. The van der Waals surface area contributed by atoms with E-state index in [-0.39, 0.29) is 18.1 Å². The fourth-order valence-electron chi connectivity index (χ4n) is 2.74. The molecule has 2 amide bonds. The molecule has 2 aromatic carbocycles. The minimum absolute atomic E-state index is 0.321. The summed E-state index contributed by atoms with van der Waals surface area (Å²) in [5.41, 5.74) is -0.430. The number of aromatic nitrogens is 1. The number of para-hydroxylation sites is 2. The highest BCUT2D eigenvalue weighted by molar-refractivity contribution is 8.02. The lowest BCUT2D eigenvalue weighted by molar-refractivity contribution is -0.137. The van der Waals surface area contributed by atoms with Crippen LogP contribution in [0.25, 0.3) is 10.2 Å². The number of amides is 2. The van der Waals surface area contributed by atoms with E-state index in [1.165, 1.54) is 53.2 Å². The molecule has 0 radical (unpaired) electrons. The van der Waals surface area contributed by atoms with Crippen molar-refractivity contribution in [2.24, 2.45) is 0 Å². The molecule has 158 valence electrons. The number of nitrogens with zero attached hydrogens (tertiary/aromatic N) is 2. The molecular weight excluding hydrogens is 435 g/mol. The number of likely N-dealkylation sites (N-methyl/N-ethyl adjacent to an activating group) is 1. The summed E-state index contributed by atoms with van der Waals surface area (Å²) < 4.78 is 40.9. The predicted octanol–water partition coefficient (Wildman–Crippen LogP) is 4.89. The monoisotopic (exact) mass is 453 g/mol. The van der Waals surface area contributed by atoms with Crippen LogP contribution in [0.2, 0.25) is 0 Å². The van der Waals surface area contributed by atoms with Crippen molar-refractivity contribution < 1.29 is 22.8 Å². The number of carbonyl (C=O) groups excluding carboxylic acids is 2. The molecule has 0 bridgehead atoms. The van der Waals surface area contributed by atoms with Gasteiger partial charge in [-0.15, -0.1) is 11.3 Å². The van der Waals surface area contributed by atoms with Crippen LogP contribution in [0.1, 0.15) is 12.5 Å². The minimum Gasteiger partial charge on any atom is -0.335 e. The molecule has 1 atom stereocenters. The number of thioether (sulfide) groups is 1. The quantitative estimate of drug-likeness (QED) is 0.540. The smallest absolute Gasteiger partial charge is 0.335 e. The Hall–Kier alpha value is -2.59. The van der Waals surface area contributed by atoms with E-state index >= 15 is 0 Å². The second kappa shape index (κ2) is 9.05. The van der Waals surface area contributed by atoms with Crippen LogP contribution in [0, 0.1) is 0 Å². The van der Waals surface area contributed by atoms with Crippen molar-refractivity contribution >= 4 is 50.8 Å². The lowest BCUT2D eigenvalue weighted by Gasteiger charge is -2.21. The van der Waals surface area contributed by atoms with Gasteiger partial charge in [-0.05, 0) is 31.2 Å². The maximum absolute atomic E-state index is 13.1. The normalized spacial score (nSPS) is 12.6. The van der Waals surface area contributed by atoms with Crippen LogP contribution in [0.15, 0.2) is 52.9 Å². The van der Waals surface area contributed by atoms with E-state index in [2.05, 4.69) is 10.3 Å². The van der Waals surface area contributed by atoms with Crippen LogP contribution in [-0.4, -0.2) is 40.5 Å². The highest BCUT2D eigenvalue weighted by Crippen LogP contribution is 2.35. The number of benzene rings is 2. The molecule has 1 aromatic heterocycles. The van der Waals surface area contributed by atoms with Gasteiger partial charge in [0, 0.05) is 7.05 Å². The van der Waals surface area contributed by atoms with E-state index in [9.17, 15) is 22.8 Å². The molecule has 0 saturated carbocycles. The standard InChI is InChI=1S/C20H18F3N3O2S2/c1-12(29-19-25-15-9-5-6-10-16(15)30-19)18(28)26(2)11-17(27)24-14-8-4-3-7-13(14)20(21,22)23/h3-10,12H,11H2,1-2H3,(H,24,27)/t12-/m0/s1. The average molecular weight is 454 g/mol. The maximum Gasteiger partial charge on any atom is 0.418 e. The van der Waals surface area contributed by atoms with E-state index in [1.54, 1.807) is 6.92 Å². The van der Waals surface area contributed by atoms with Gasteiger partial charge in [0.1, 0.15) is 0 Å². The van der Waals surface area contributed by atoms with Crippen molar-refractivity contribution in [2.45, 2.75) is 22.7 Å². The van der Waals surface area contributed by atoms with Crippen molar-refractivity contribution in [1.82, 2.24) is 9.88 Å². The Labute approximate surface area is 179 Å². The molecular formula is C20H18F3N3O2S2. The first-order valence-electron chi connectivity index (χ1n) is 8.88. The average Bonchev–Trinajstić information content (AvgIpc) is 3.09. The first-order chi connectivity index (χ1) is 14.1. The van der Waals surface area contributed by atoms with Gasteiger partial charge in [0.25, 0.3) is 0 Å². The Morgan fingerprint density at radius 1 is 1.17 bits per heavy atom. The zero-order valence-corrected chi connectivity index (χ0v) is 17.7. The second-order valence-electron chi connectivity index (χ2n) is 6.49. The summed E-state index contributed by atoms with van der Waals surface area (Å²) in [6.45, 7) is 1.34. The van der Waals surface area contributed by atoms with Crippen molar-refractivity contribution in [2.75, 3.05) is 18.9 Å². The van der Waals surface area contributed by atoms with E-state index in [4.69, 9.17) is 0 Å². The molecule has 1 heterocycles. The maximum atomic E-state index is 13.1. The lowest BCUT2D eigenvalue weighted by atomic mass is 10.1. The highest BCUT2D eigenvalue weighted by Gasteiger charge is 2.33. The molecule has 3 aromatic rings. The van der Waals surface area contributed by atoms with Gasteiger partial charge in [0.05, 0.1) is 33.3 Å². The zero-order chi connectivity index (χ0) is 21.9. The number of fused-ring (bicyclic) bond motifs is 1. The van der Waals surface area contributed by atoms with Gasteiger partial charge in [-0.2, -0.15) is 13.2 Å². The summed E-state index contributed by atoms with van der Waals surface area (Å²) in [5, 5.41) is 1.73. The summed E-state index contributed by atoms with van der Waals surface area (Å²) in [5.74, 6) is -1.03. The fourth-order valence-corrected chi connectivity index (χ4v) is 5.06. The second-order valence-corrected chi connectivity index (χ2v) is 9.11. The molecule has 0 aliphatic heterocycles. The first kappa shape index (κ1) is 22.1.